The predicted molar refractivity (Wildman–Crippen MR) is 97.5 cm³/mol. The zero-order valence-corrected chi connectivity index (χ0v) is 15.3. The maximum absolute atomic E-state index is 14.7. The fourth-order valence-corrected chi connectivity index (χ4v) is 4.47. The lowest BCUT2D eigenvalue weighted by atomic mass is 9.78. The lowest BCUT2D eigenvalue weighted by Crippen LogP contribution is -2.58. The molecule has 1 N–H and O–H groups in total. The fraction of sp³-hybridized carbons (Fsp3) is 0.450. The maximum Gasteiger partial charge on any atom is 0.261 e. The van der Waals surface area contributed by atoms with Crippen LogP contribution in [0.3, 0.4) is 0 Å². The Morgan fingerprint density at radius 3 is 2.56 bits per heavy atom. The number of hydrogen-bond acceptors (Lipinski definition) is 3. The van der Waals surface area contributed by atoms with E-state index in [2.05, 4.69) is 9.97 Å². The number of amides is 2. The van der Waals surface area contributed by atoms with Crippen LogP contribution in [-0.4, -0.2) is 51.2 Å². The van der Waals surface area contributed by atoms with E-state index in [0.29, 0.717) is 38.0 Å². The van der Waals surface area contributed by atoms with Crippen LogP contribution >= 0.6 is 0 Å². The third kappa shape index (κ3) is 2.91. The van der Waals surface area contributed by atoms with E-state index in [9.17, 15) is 14.0 Å². The molecule has 1 aromatic heterocycles. The fourth-order valence-electron chi connectivity index (χ4n) is 4.47. The van der Waals surface area contributed by atoms with E-state index in [1.165, 1.54) is 0 Å². The topological polar surface area (TPSA) is 69.3 Å². The lowest BCUT2D eigenvalue weighted by molar-refractivity contribution is -0.145. The van der Waals surface area contributed by atoms with Crippen LogP contribution in [0.25, 0.3) is 0 Å². The summed E-state index contributed by atoms with van der Waals surface area (Å²) < 4.78 is 14.7. The minimum atomic E-state index is -1.66. The monoisotopic (exact) mass is 370 g/mol. The Balaban J connectivity index is 1.54. The van der Waals surface area contributed by atoms with Crippen LogP contribution in [0.4, 0.5) is 4.39 Å². The Bertz CT molecular complexity index is 843. The Kier molecular flexibility index (Phi) is 4.45. The second-order valence-electron chi connectivity index (χ2n) is 7.28. The van der Waals surface area contributed by atoms with E-state index in [4.69, 9.17) is 0 Å². The molecule has 1 fully saturated rings. The van der Waals surface area contributed by atoms with Crippen molar-refractivity contribution in [3.05, 3.63) is 53.6 Å². The number of carbonyl (C=O) groups excluding carboxylic acids is 2. The van der Waals surface area contributed by atoms with E-state index in [1.807, 2.05) is 4.90 Å². The highest BCUT2D eigenvalue weighted by Gasteiger charge is 2.48. The van der Waals surface area contributed by atoms with Crippen LogP contribution < -0.4 is 0 Å². The van der Waals surface area contributed by atoms with Gasteiger partial charge < -0.3 is 14.8 Å². The molecular weight excluding hydrogens is 347 g/mol. The zero-order chi connectivity index (χ0) is 19.0. The number of carbonyl (C=O) groups is 2. The van der Waals surface area contributed by atoms with E-state index in [0.717, 1.165) is 17.8 Å². The molecule has 7 heteroatoms. The average Bonchev–Trinajstić information content (AvgIpc) is 3.18. The molecule has 0 unspecified atom stereocenters. The summed E-state index contributed by atoms with van der Waals surface area (Å²) in [6.45, 7) is 3.02. The highest BCUT2D eigenvalue weighted by atomic mass is 19.1. The number of rotatable bonds is 2. The zero-order valence-electron chi connectivity index (χ0n) is 15.3. The van der Waals surface area contributed by atoms with Gasteiger partial charge >= 0.3 is 0 Å². The highest BCUT2D eigenvalue weighted by Crippen LogP contribution is 2.42. The molecule has 3 heterocycles. The van der Waals surface area contributed by atoms with Gasteiger partial charge in [0.1, 0.15) is 0 Å². The number of halogens is 1. The van der Waals surface area contributed by atoms with Gasteiger partial charge in [0, 0.05) is 38.7 Å². The molecule has 2 aliphatic heterocycles. The van der Waals surface area contributed by atoms with Gasteiger partial charge in [0.25, 0.3) is 5.91 Å². The number of piperidine rings is 1. The summed E-state index contributed by atoms with van der Waals surface area (Å²) in [5, 5.41) is 0. The first-order chi connectivity index (χ1) is 13.0. The van der Waals surface area contributed by atoms with Gasteiger partial charge in [-0.25, -0.2) is 9.37 Å². The van der Waals surface area contributed by atoms with E-state index < -0.39 is 17.6 Å². The van der Waals surface area contributed by atoms with Gasteiger partial charge in [-0.15, -0.1) is 0 Å². The summed E-state index contributed by atoms with van der Waals surface area (Å²) in [5.74, 6) is -0.500. The Hall–Kier alpha value is -2.70. The Morgan fingerprint density at radius 2 is 1.89 bits per heavy atom. The number of H-pyrrole nitrogens is 1. The first kappa shape index (κ1) is 17.7. The second-order valence-corrected chi connectivity index (χ2v) is 7.28. The van der Waals surface area contributed by atoms with E-state index in [1.54, 1.807) is 48.5 Å². The van der Waals surface area contributed by atoms with E-state index in [-0.39, 0.29) is 5.91 Å². The van der Waals surface area contributed by atoms with Gasteiger partial charge in [0.15, 0.2) is 0 Å². The minimum absolute atomic E-state index is 0.0103. The van der Waals surface area contributed by atoms with Crippen LogP contribution in [0, 0.1) is 0 Å². The van der Waals surface area contributed by atoms with E-state index >= 15 is 0 Å². The SMILES string of the molecule is CC(=O)N1CCc2[nH]cnc2C12CCN(C(=O)[C@H](F)c1ccccc1)CC2. The molecule has 0 radical (unpaired) electrons. The molecule has 1 spiro atoms. The molecule has 142 valence electrons. The Labute approximate surface area is 157 Å². The van der Waals surface area contributed by atoms with Crippen molar-refractivity contribution in [3.8, 4) is 0 Å². The lowest BCUT2D eigenvalue weighted by Gasteiger charge is -2.50. The highest BCUT2D eigenvalue weighted by molar-refractivity contribution is 5.82. The molecule has 4 rings (SSSR count). The van der Waals surface area contributed by atoms with Gasteiger partial charge in [0.05, 0.1) is 17.6 Å². The van der Waals surface area contributed by atoms with Crippen molar-refractivity contribution in [2.24, 2.45) is 0 Å². The maximum atomic E-state index is 14.7. The molecule has 1 saturated heterocycles. The molecule has 2 aliphatic rings. The summed E-state index contributed by atoms with van der Waals surface area (Å²) >= 11 is 0. The summed E-state index contributed by atoms with van der Waals surface area (Å²) in [5.41, 5.74) is 1.82. The molecule has 27 heavy (non-hydrogen) atoms. The van der Waals surface area contributed by atoms with Gasteiger partial charge in [0.2, 0.25) is 12.1 Å². The second kappa shape index (κ2) is 6.79. The van der Waals surface area contributed by atoms with Crippen molar-refractivity contribution < 1.29 is 14.0 Å². The number of hydrogen-bond donors (Lipinski definition) is 1. The third-order valence-corrected chi connectivity index (χ3v) is 5.85. The molecule has 2 aromatic rings. The van der Waals surface area contributed by atoms with Crippen molar-refractivity contribution in [2.45, 2.75) is 37.9 Å². The number of likely N-dealkylation sites (tertiary alicyclic amines) is 1. The number of benzene rings is 1. The first-order valence-corrected chi connectivity index (χ1v) is 9.32. The number of aromatic amines is 1. The van der Waals surface area contributed by atoms with Crippen molar-refractivity contribution in [3.63, 3.8) is 0 Å². The number of alkyl halides is 1. The normalized spacial score (nSPS) is 19.6. The molecule has 0 saturated carbocycles. The molecule has 6 nitrogen and oxygen atoms in total. The van der Waals surface area contributed by atoms with Gasteiger partial charge in [-0.2, -0.15) is 0 Å². The molecule has 1 atom stereocenters. The van der Waals surface area contributed by atoms with Crippen molar-refractivity contribution >= 4 is 11.8 Å². The molecule has 0 bridgehead atoms. The number of nitrogens with zero attached hydrogens (tertiary/aromatic N) is 3. The third-order valence-electron chi connectivity index (χ3n) is 5.85. The number of nitrogens with one attached hydrogen (secondary N) is 1. The van der Waals surface area contributed by atoms with Crippen LogP contribution in [0.2, 0.25) is 0 Å². The van der Waals surface area contributed by atoms with Crippen LogP contribution in [0.5, 0.6) is 0 Å². The van der Waals surface area contributed by atoms with Gasteiger partial charge in [-0.3, -0.25) is 9.59 Å². The summed E-state index contributed by atoms with van der Waals surface area (Å²) in [6, 6.07) is 8.51. The number of aromatic nitrogens is 2. The quantitative estimate of drug-likeness (QED) is 0.882. The van der Waals surface area contributed by atoms with Crippen molar-refractivity contribution in [1.29, 1.82) is 0 Å². The van der Waals surface area contributed by atoms with Crippen molar-refractivity contribution in [2.75, 3.05) is 19.6 Å². The smallest absolute Gasteiger partial charge is 0.261 e. The van der Waals surface area contributed by atoms with Crippen LogP contribution in [-0.2, 0) is 21.5 Å². The van der Waals surface area contributed by atoms with Gasteiger partial charge in [-0.1, -0.05) is 30.3 Å². The molecule has 0 aliphatic carbocycles. The van der Waals surface area contributed by atoms with Crippen LogP contribution in [0.15, 0.2) is 36.7 Å². The summed E-state index contributed by atoms with van der Waals surface area (Å²) in [4.78, 5) is 36.0. The molecular formula is C20H23FN4O2. The number of fused-ring (bicyclic) bond motifs is 2. The van der Waals surface area contributed by atoms with Crippen molar-refractivity contribution in [1.82, 2.24) is 19.8 Å². The predicted octanol–water partition coefficient (Wildman–Crippen LogP) is 2.34. The number of imidazole rings is 1. The molecule has 2 amide bonds. The molecule has 1 aromatic carbocycles. The minimum Gasteiger partial charge on any atom is -0.348 e. The largest absolute Gasteiger partial charge is 0.348 e. The van der Waals surface area contributed by atoms with Crippen LogP contribution in [0.1, 0.15) is 42.9 Å². The Morgan fingerprint density at radius 1 is 1.19 bits per heavy atom. The summed E-state index contributed by atoms with van der Waals surface area (Å²) in [6.07, 6.45) is 1.90. The van der Waals surface area contributed by atoms with Gasteiger partial charge in [-0.05, 0) is 18.4 Å². The average molecular weight is 370 g/mol. The summed E-state index contributed by atoms with van der Waals surface area (Å²) in [7, 11) is 0. The first-order valence-electron chi connectivity index (χ1n) is 9.32. The standard InChI is InChI=1S/C20H23FN4O2/c1-14(26)25-10-7-16-18(23-13-22-16)20(25)8-11-24(12-9-20)19(27)17(21)15-5-3-2-4-6-15/h2-6,13,17H,7-12H2,1H3,(H,22,23)/t17-/m1/s1.